The van der Waals surface area contributed by atoms with Crippen LogP contribution in [0.5, 0.6) is 0 Å². The van der Waals surface area contributed by atoms with E-state index >= 15 is 0 Å². The molecule has 50 valence electrons. The van der Waals surface area contributed by atoms with Crippen LogP contribution in [0.4, 0.5) is 0 Å². The molecule has 0 fully saturated rings. The second kappa shape index (κ2) is 5.43. The van der Waals surface area contributed by atoms with E-state index in [4.69, 9.17) is 11.6 Å². The molecule has 0 amide bonds. The topological polar surface area (TPSA) is 0 Å². The van der Waals surface area contributed by atoms with Gasteiger partial charge in [0.05, 0.1) is 0 Å². The van der Waals surface area contributed by atoms with Gasteiger partial charge in [0.15, 0.2) is 0 Å². The maximum Gasteiger partial charge on any atom is 0.0251 e. The molecule has 0 nitrogen and oxygen atoms in total. The van der Waals surface area contributed by atoms with Gasteiger partial charge < -0.3 is 0 Å². The van der Waals surface area contributed by atoms with Crippen LogP contribution < -0.4 is 0 Å². The van der Waals surface area contributed by atoms with E-state index in [1.165, 1.54) is 19.3 Å². The number of hydrogen-bond acceptors (Lipinski definition) is 0. The van der Waals surface area contributed by atoms with Gasteiger partial charge in [-0.15, -0.1) is 11.6 Å². The molecular formula is C7H15Cl. The maximum absolute atomic E-state index is 5.65. The van der Waals surface area contributed by atoms with Crippen molar-refractivity contribution in [1.82, 2.24) is 0 Å². The van der Waals surface area contributed by atoms with E-state index in [2.05, 4.69) is 13.8 Å². The first-order valence-corrected chi connectivity index (χ1v) is 3.94. The Balaban J connectivity index is 3.07. The average molecular weight is 135 g/mol. The van der Waals surface area contributed by atoms with E-state index in [9.17, 15) is 0 Å². The zero-order chi connectivity index (χ0) is 6.41. The molecule has 8 heavy (non-hydrogen) atoms. The SMILES string of the molecule is CCC[C@H](CC)CCl. The minimum absolute atomic E-state index is 0.765. The summed E-state index contributed by atoms with van der Waals surface area (Å²) in [4.78, 5) is 0. The molecule has 0 radical (unpaired) electrons. The third kappa shape index (κ3) is 3.31. The lowest BCUT2D eigenvalue weighted by molar-refractivity contribution is 0.515. The molecule has 0 saturated heterocycles. The first-order valence-electron chi connectivity index (χ1n) is 3.41. The van der Waals surface area contributed by atoms with Crippen LogP contribution in [-0.4, -0.2) is 5.88 Å². The first kappa shape index (κ1) is 8.29. The fraction of sp³-hybridized carbons (Fsp3) is 1.00. The molecule has 0 aliphatic rings. The normalized spacial score (nSPS) is 13.9. The fourth-order valence-electron chi connectivity index (χ4n) is 0.799. The summed E-state index contributed by atoms with van der Waals surface area (Å²) in [6, 6.07) is 0. The van der Waals surface area contributed by atoms with Crippen molar-refractivity contribution < 1.29 is 0 Å². The minimum Gasteiger partial charge on any atom is -0.126 e. The Morgan fingerprint density at radius 3 is 2.12 bits per heavy atom. The van der Waals surface area contributed by atoms with Gasteiger partial charge in [-0.1, -0.05) is 26.7 Å². The second-order valence-electron chi connectivity index (χ2n) is 2.22. The lowest BCUT2D eigenvalue weighted by Crippen LogP contribution is -1.98. The van der Waals surface area contributed by atoms with Crippen molar-refractivity contribution in [3.63, 3.8) is 0 Å². The lowest BCUT2D eigenvalue weighted by Gasteiger charge is -2.06. The first-order chi connectivity index (χ1) is 3.85. The van der Waals surface area contributed by atoms with Crippen LogP contribution in [-0.2, 0) is 0 Å². The van der Waals surface area contributed by atoms with E-state index in [0.717, 1.165) is 11.8 Å². The van der Waals surface area contributed by atoms with Gasteiger partial charge in [-0.3, -0.25) is 0 Å². The van der Waals surface area contributed by atoms with Crippen molar-refractivity contribution in [3.05, 3.63) is 0 Å². The average Bonchev–Trinajstić information content (AvgIpc) is 1.83. The van der Waals surface area contributed by atoms with E-state index in [1.54, 1.807) is 0 Å². The molecule has 0 heterocycles. The molecule has 0 saturated carbocycles. The Morgan fingerprint density at radius 1 is 1.38 bits per heavy atom. The van der Waals surface area contributed by atoms with Crippen LogP contribution in [0, 0.1) is 5.92 Å². The molecule has 0 unspecified atom stereocenters. The molecule has 0 aromatic heterocycles. The van der Waals surface area contributed by atoms with Gasteiger partial charge in [0, 0.05) is 5.88 Å². The molecule has 0 rings (SSSR count). The maximum atomic E-state index is 5.65. The van der Waals surface area contributed by atoms with Crippen molar-refractivity contribution in [3.8, 4) is 0 Å². The molecule has 1 heteroatoms. The molecule has 0 N–H and O–H groups in total. The van der Waals surface area contributed by atoms with Gasteiger partial charge in [-0.2, -0.15) is 0 Å². The van der Waals surface area contributed by atoms with Gasteiger partial charge in [0.25, 0.3) is 0 Å². The predicted molar refractivity (Wildman–Crippen MR) is 39.4 cm³/mol. The van der Waals surface area contributed by atoms with Crippen LogP contribution in [0.1, 0.15) is 33.1 Å². The predicted octanol–water partition coefficient (Wildman–Crippen LogP) is 3.05. The highest BCUT2D eigenvalue weighted by Gasteiger charge is 2.00. The van der Waals surface area contributed by atoms with Crippen LogP contribution >= 0.6 is 11.6 Å². The van der Waals surface area contributed by atoms with Gasteiger partial charge >= 0.3 is 0 Å². The Bertz CT molecular complexity index is 39.7. The molecule has 0 aromatic carbocycles. The van der Waals surface area contributed by atoms with Crippen molar-refractivity contribution in [2.75, 3.05) is 5.88 Å². The summed E-state index contributed by atoms with van der Waals surface area (Å²) < 4.78 is 0. The fourth-order valence-corrected chi connectivity index (χ4v) is 1.17. The van der Waals surface area contributed by atoms with Crippen LogP contribution in [0.2, 0.25) is 0 Å². The number of hydrogen-bond donors (Lipinski definition) is 0. The molecule has 0 aliphatic carbocycles. The van der Waals surface area contributed by atoms with Crippen molar-refractivity contribution in [2.24, 2.45) is 5.92 Å². The standard InChI is InChI=1S/C7H15Cl/c1-3-5-7(4-2)6-8/h7H,3-6H2,1-2H3/t7-/m0/s1. The highest BCUT2D eigenvalue weighted by atomic mass is 35.5. The van der Waals surface area contributed by atoms with Gasteiger partial charge in [0.1, 0.15) is 0 Å². The molecule has 0 aromatic rings. The van der Waals surface area contributed by atoms with E-state index in [1.807, 2.05) is 0 Å². The summed E-state index contributed by atoms with van der Waals surface area (Å²) in [6.07, 6.45) is 3.79. The summed E-state index contributed by atoms with van der Waals surface area (Å²) in [6.45, 7) is 4.40. The monoisotopic (exact) mass is 134 g/mol. The Morgan fingerprint density at radius 2 is 2.00 bits per heavy atom. The van der Waals surface area contributed by atoms with Crippen LogP contribution in [0.3, 0.4) is 0 Å². The summed E-state index contributed by atoms with van der Waals surface area (Å²) >= 11 is 5.65. The van der Waals surface area contributed by atoms with E-state index in [-0.39, 0.29) is 0 Å². The summed E-state index contributed by atoms with van der Waals surface area (Å²) in [5, 5.41) is 0. The van der Waals surface area contributed by atoms with Gasteiger partial charge in [-0.05, 0) is 12.3 Å². The Kier molecular flexibility index (Phi) is 5.62. The van der Waals surface area contributed by atoms with Crippen molar-refractivity contribution >= 4 is 11.6 Å². The van der Waals surface area contributed by atoms with Crippen LogP contribution in [0.15, 0.2) is 0 Å². The largest absolute Gasteiger partial charge is 0.126 e. The molecule has 0 spiro atoms. The quantitative estimate of drug-likeness (QED) is 0.519. The highest BCUT2D eigenvalue weighted by molar-refractivity contribution is 6.18. The Labute approximate surface area is 57.2 Å². The molecular weight excluding hydrogens is 120 g/mol. The number of alkyl halides is 1. The van der Waals surface area contributed by atoms with Crippen LogP contribution in [0.25, 0.3) is 0 Å². The van der Waals surface area contributed by atoms with E-state index < -0.39 is 0 Å². The minimum atomic E-state index is 0.765. The zero-order valence-corrected chi connectivity index (χ0v) is 6.54. The third-order valence-electron chi connectivity index (χ3n) is 1.49. The van der Waals surface area contributed by atoms with Crippen molar-refractivity contribution in [2.45, 2.75) is 33.1 Å². The summed E-state index contributed by atoms with van der Waals surface area (Å²) in [7, 11) is 0. The van der Waals surface area contributed by atoms with E-state index in [0.29, 0.717) is 0 Å². The summed E-state index contributed by atoms with van der Waals surface area (Å²) in [5.41, 5.74) is 0. The van der Waals surface area contributed by atoms with Gasteiger partial charge in [0.2, 0.25) is 0 Å². The smallest absolute Gasteiger partial charge is 0.0251 e. The lowest BCUT2D eigenvalue weighted by atomic mass is 10.0. The number of halogens is 1. The van der Waals surface area contributed by atoms with Gasteiger partial charge in [-0.25, -0.2) is 0 Å². The summed E-state index contributed by atoms with van der Waals surface area (Å²) in [5.74, 6) is 1.60. The zero-order valence-electron chi connectivity index (χ0n) is 5.78. The number of rotatable bonds is 4. The third-order valence-corrected chi connectivity index (χ3v) is 1.93. The van der Waals surface area contributed by atoms with Crippen molar-refractivity contribution in [1.29, 1.82) is 0 Å². The highest BCUT2D eigenvalue weighted by Crippen LogP contribution is 2.11. The Hall–Kier alpha value is 0.290. The molecule has 1 atom stereocenters. The molecule has 0 aliphatic heterocycles. The molecule has 0 bridgehead atoms. The second-order valence-corrected chi connectivity index (χ2v) is 2.53.